The summed E-state index contributed by atoms with van der Waals surface area (Å²) in [6.07, 6.45) is 3.57. The molecule has 126 valence electrons. The van der Waals surface area contributed by atoms with Crippen molar-refractivity contribution in [3.8, 4) is 0 Å². The zero-order valence-corrected chi connectivity index (χ0v) is 13.8. The summed E-state index contributed by atoms with van der Waals surface area (Å²) < 4.78 is 5.32. The Balaban J connectivity index is 1.87. The standard InChI is InChI=1S/C16H29N3O3/c1-13(2)17-15(20)6-8-18-7-4-3-5-14(18)16(21)19-9-11-22-12-10-19/h13-14H,3-12H2,1-2H3,(H,17,20). The molecule has 0 aliphatic carbocycles. The van der Waals surface area contributed by atoms with Gasteiger partial charge in [-0.05, 0) is 33.2 Å². The highest BCUT2D eigenvalue weighted by atomic mass is 16.5. The third-order valence-corrected chi connectivity index (χ3v) is 4.30. The Kier molecular flexibility index (Phi) is 6.64. The molecule has 1 atom stereocenters. The molecule has 2 amide bonds. The number of nitrogens with zero attached hydrogens (tertiary/aromatic N) is 2. The van der Waals surface area contributed by atoms with Crippen LogP contribution in [0, 0.1) is 0 Å². The molecule has 0 radical (unpaired) electrons. The zero-order valence-electron chi connectivity index (χ0n) is 13.8. The molecule has 0 spiro atoms. The van der Waals surface area contributed by atoms with Crippen molar-refractivity contribution in [3.05, 3.63) is 0 Å². The van der Waals surface area contributed by atoms with Crippen molar-refractivity contribution in [1.82, 2.24) is 15.1 Å². The summed E-state index contributed by atoms with van der Waals surface area (Å²) in [5, 5.41) is 2.91. The molecule has 2 aliphatic heterocycles. The summed E-state index contributed by atoms with van der Waals surface area (Å²) in [6, 6.07) is 0.110. The van der Waals surface area contributed by atoms with Crippen LogP contribution in [0.5, 0.6) is 0 Å². The molecule has 2 heterocycles. The molecular weight excluding hydrogens is 282 g/mol. The highest BCUT2D eigenvalue weighted by molar-refractivity contribution is 5.82. The Labute approximate surface area is 133 Å². The topological polar surface area (TPSA) is 61.9 Å². The first-order chi connectivity index (χ1) is 10.6. The van der Waals surface area contributed by atoms with Gasteiger partial charge in [0, 0.05) is 32.1 Å². The lowest BCUT2D eigenvalue weighted by atomic mass is 10.00. The van der Waals surface area contributed by atoms with Crippen LogP contribution in [-0.2, 0) is 14.3 Å². The number of morpholine rings is 1. The first kappa shape index (κ1) is 17.2. The number of hydrogen-bond acceptors (Lipinski definition) is 4. The summed E-state index contributed by atoms with van der Waals surface area (Å²) in [4.78, 5) is 28.7. The van der Waals surface area contributed by atoms with Crippen LogP contribution in [0.3, 0.4) is 0 Å². The molecule has 2 aliphatic rings. The van der Waals surface area contributed by atoms with E-state index in [0.717, 1.165) is 25.8 Å². The SMILES string of the molecule is CC(C)NC(=O)CCN1CCCCC1C(=O)N1CCOCC1. The molecule has 0 aromatic carbocycles. The minimum absolute atomic E-state index is 0.0568. The normalized spacial score (nSPS) is 23.6. The third-order valence-electron chi connectivity index (χ3n) is 4.30. The lowest BCUT2D eigenvalue weighted by molar-refractivity contribution is -0.142. The summed E-state index contributed by atoms with van der Waals surface area (Å²) >= 11 is 0. The fourth-order valence-corrected chi connectivity index (χ4v) is 3.17. The lowest BCUT2D eigenvalue weighted by Gasteiger charge is -2.38. The number of amides is 2. The first-order valence-electron chi connectivity index (χ1n) is 8.48. The molecule has 1 N–H and O–H groups in total. The maximum atomic E-state index is 12.7. The van der Waals surface area contributed by atoms with Crippen molar-refractivity contribution in [1.29, 1.82) is 0 Å². The van der Waals surface area contributed by atoms with Gasteiger partial charge in [0.1, 0.15) is 0 Å². The van der Waals surface area contributed by atoms with Crippen molar-refractivity contribution >= 4 is 11.8 Å². The quantitative estimate of drug-likeness (QED) is 0.808. The van der Waals surface area contributed by atoms with E-state index in [1.807, 2.05) is 18.7 Å². The molecular formula is C16H29N3O3. The Morgan fingerprint density at radius 3 is 2.59 bits per heavy atom. The predicted molar refractivity (Wildman–Crippen MR) is 84.5 cm³/mol. The van der Waals surface area contributed by atoms with Crippen molar-refractivity contribution < 1.29 is 14.3 Å². The van der Waals surface area contributed by atoms with Crippen LogP contribution in [0.25, 0.3) is 0 Å². The van der Waals surface area contributed by atoms with Gasteiger partial charge in [0.25, 0.3) is 0 Å². The summed E-state index contributed by atoms with van der Waals surface area (Å²) in [7, 11) is 0. The lowest BCUT2D eigenvalue weighted by Crippen LogP contribution is -2.54. The second-order valence-electron chi connectivity index (χ2n) is 6.46. The number of piperidine rings is 1. The van der Waals surface area contributed by atoms with E-state index >= 15 is 0 Å². The van der Waals surface area contributed by atoms with Gasteiger partial charge < -0.3 is 15.0 Å². The van der Waals surface area contributed by atoms with Crippen LogP contribution >= 0.6 is 0 Å². The molecule has 22 heavy (non-hydrogen) atoms. The zero-order chi connectivity index (χ0) is 15.9. The average molecular weight is 311 g/mol. The predicted octanol–water partition coefficient (Wildman–Crippen LogP) is 0.614. The molecule has 0 saturated carbocycles. The summed E-state index contributed by atoms with van der Waals surface area (Å²) in [5.74, 6) is 0.283. The van der Waals surface area contributed by atoms with Gasteiger partial charge in [-0.2, -0.15) is 0 Å². The maximum absolute atomic E-state index is 12.7. The van der Waals surface area contributed by atoms with Crippen LogP contribution < -0.4 is 5.32 Å². The van der Waals surface area contributed by atoms with E-state index in [2.05, 4.69) is 10.2 Å². The molecule has 0 bridgehead atoms. The number of ether oxygens (including phenoxy) is 1. The van der Waals surface area contributed by atoms with E-state index in [4.69, 9.17) is 4.74 Å². The molecule has 2 fully saturated rings. The number of nitrogens with one attached hydrogen (secondary N) is 1. The van der Waals surface area contributed by atoms with Crippen LogP contribution in [-0.4, -0.2) is 73.1 Å². The minimum Gasteiger partial charge on any atom is -0.378 e. The van der Waals surface area contributed by atoms with E-state index in [-0.39, 0.29) is 23.9 Å². The van der Waals surface area contributed by atoms with Gasteiger partial charge in [-0.1, -0.05) is 6.42 Å². The van der Waals surface area contributed by atoms with Gasteiger partial charge in [-0.25, -0.2) is 0 Å². The van der Waals surface area contributed by atoms with Gasteiger partial charge in [-0.15, -0.1) is 0 Å². The van der Waals surface area contributed by atoms with Gasteiger partial charge in [-0.3, -0.25) is 14.5 Å². The van der Waals surface area contributed by atoms with Gasteiger partial charge in [0.15, 0.2) is 0 Å². The van der Waals surface area contributed by atoms with E-state index in [9.17, 15) is 9.59 Å². The Bertz CT molecular complexity index is 381. The summed E-state index contributed by atoms with van der Waals surface area (Å²) in [5.41, 5.74) is 0. The highest BCUT2D eigenvalue weighted by Crippen LogP contribution is 2.20. The van der Waals surface area contributed by atoms with Crippen molar-refractivity contribution in [3.63, 3.8) is 0 Å². The monoisotopic (exact) mass is 311 g/mol. The molecule has 2 rings (SSSR count). The van der Waals surface area contributed by atoms with Crippen LogP contribution in [0.15, 0.2) is 0 Å². The minimum atomic E-state index is -0.0568. The third kappa shape index (κ3) is 4.95. The second kappa shape index (κ2) is 8.48. The molecule has 2 saturated heterocycles. The van der Waals surface area contributed by atoms with Crippen molar-refractivity contribution in [2.24, 2.45) is 0 Å². The Morgan fingerprint density at radius 2 is 1.91 bits per heavy atom. The van der Waals surface area contributed by atoms with E-state index in [1.54, 1.807) is 0 Å². The van der Waals surface area contributed by atoms with Gasteiger partial charge in [0.05, 0.1) is 19.3 Å². The van der Waals surface area contributed by atoms with Crippen LogP contribution in [0.2, 0.25) is 0 Å². The fourth-order valence-electron chi connectivity index (χ4n) is 3.17. The van der Waals surface area contributed by atoms with Crippen LogP contribution in [0.1, 0.15) is 39.5 Å². The fraction of sp³-hybridized carbons (Fsp3) is 0.875. The number of carbonyl (C=O) groups excluding carboxylic acids is 2. The molecule has 6 nitrogen and oxygen atoms in total. The molecule has 6 heteroatoms. The number of rotatable bonds is 5. The van der Waals surface area contributed by atoms with Gasteiger partial charge in [0.2, 0.25) is 11.8 Å². The molecule has 1 unspecified atom stereocenters. The Morgan fingerprint density at radius 1 is 1.18 bits per heavy atom. The summed E-state index contributed by atoms with van der Waals surface area (Å²) in [6.45, 7) is 8.15. The average Bonchev–Trinajstić information content (AvgIpc) is 2.53. The molecule has 0 aromatic rings. The first-order valence-corrected chi connectivity index (χ1v) is 8.48. The smallest absolute Gasteiger partial charge is 0.240 e. The van der Waals surface area contributed by atoms with Crippen LogP contribution in [0.4, 0.5) is 0 Å². The maximum Gasteiger partial charge on any atom is 0.240 e. The van der Waals surface area contributed by atoms with Crippen molar-refractivity contribution in [2.45, 2.75) is 51.6 Å². The number of carbonyl (C=O) groups is 2. The Hall–Kier alpha value is -1.14. The largest absolute Gasteiger partial charge is 0.378 e. The van der Waals surface area contributed by atoms with E-state index in [1.165, 1.54) is 0 Å². The van der Waals surface area contributed by atoms with Crippen molar-refractivity contribution in [2.75, 3.05) is 39.4 Å². The second-order valence-corrected chi connectivity index (χ2v) is 6.46. The highest BCUT2D eigenvalue weighted by Gasteiger charge is 2.32. The number of likely N-dealkylation sites (tertiary alicyclic amines) is 1. The van der Waals surface area contributed by atoms with Gasteiger partial charge >= 0.3 is 0 Å². The molecule has 0 aromatic heterocycles. The van der Waals surface area contributed by atoms with E-state index < -0.39 is 0 Å². The van der Waals surface area contributed by atoms with E-state index in [0.29, 0.717) is 39.3 Å². The number of hydrogen-bond donors (Lipinski definition) is 1.